The summed E-state index contributed by atoms with van der Waals surface area (Å²) in [7, 11) is 0. The highest BCUT2D eigenvalue weighted by molar-refractivity contribution is 6.13. The molecule has 23 heavy (non-hydrogen) atoms. The van der Waals surface area contributed by atoms with Crippen molar-refractivity contribution in [2.24, 2.45) is 5.41 Å². The summed E-state index contributed by atoms with van der Waals surface area (Å²) in [5.74, 6) is -1.02. The molecule has 2 aromatic rings. The summed E-state index contributed by atoms with van der Waals surface area (Å²) in [6.45, 7) is 0.332. The molecule has 0 atom stereocenters. The first kappa shape index (κ1) is 15.1. The first-order valence-electron chi connectivity index (χ1n) is 7.34. The second kappa shape index (κ2) is 6.16. The molecule has 0 aliphatic heterocycles. The number of benzene rings is 1. The summed E-state index contributed by atoms with van der Waals surface area (Å²) in [5, 5.41) is 5.45. The van der Waals surface area contributed by atoms with Crippen molar-refractivity contribution in [2.75, 3.05) is 5.32 Å². The van der Waals surface area contributed by atoms with Gasteiger partial charge in [-0.05, 0) is 48.7 Å². The first-order chi connectivity index (χ1) is 11.1. The summed E-state index contributed by atoms with van der Waals surface area (Å²) in [6.07, 6.45) is 4.35. The van der Waals surface area contributed by atoms with Crippen LogP contribution in [0.3, 0.4) is 0 Å². The van der Waals surface area contributed by atoms with E-state index in [0.717, 1.165) is 5.56 Å². The van der Waals surface area contributed by atoms with E-state index in [-0.39, 0.29) is 17.6 Å². The predicted molar refractivity (Wildman–Crippen MR) is 82.8 cm³/mol. The van der Waals surface area contributed by atoms with Gasteiger partial charge in [-0.25, -0.2) is 4.39 Å². The van der Waals surface area contributed by atoms with Crippen molar-refractivity contribution >= 4 is 17.5 Å². The van der Waals surface area contributed by atoms with Crippen molar-refractivity contribution < 1.29 is 14.0 Å². The Bertz CT molecular complexity index is 712. The van der Waals surface area contributed by atoms with E-state index in [1.54, 1.807) is 18.5 Å². The van der Waals surface area contributed by atoms with Crippen LogP contribution in [0.15, 0.2) is 48.8 Å². The minimum atomic E-state index is -1.02. The van der Waals surface area contributed by atoms with Crippen molar-refractivity contribution in [2.45, 2.75) is 19.4 Å². The van der Waals surface area contributed by atoms with Gasteiger partial charge in [0.1, 0.15) is 11.2 Å². The normalized spacial score (nSPS) is 14.8. The lowest BCUT2D eigenvalue weighted by Gasteiger charge is -2.15. The van der Waals surface area contributed by atoms with Gasteiger partial charge in [0, 0.05) is 24.6 Å². The molecule has 0 saturated heterocycles. The molecule has 1 aliphatic rings. The largest absolute Gasteiger partial charge is 0.351 e. The highest BCUT2D eigenvalue weighted by Gasteiger charge is 2.56. The number of carbonyl (C=O) groups is 2. The Balaban J connectivity index is 1.60. The Kier molecular flexibility index (Phi) is 4.06. The van der Waals surface area contributed by atoms with Gasteiger partial charge in [-0.2, -0.15) is 0 Å². The average molecular weight is 313 g/mol. The number of hydrogen-bond donors (Lipinski definition) is 2. The van der Waals surface area contributed by atoms with Crippen LogP contribution >= 0.6 is 0 Å². The molecular formula is C17H16FN3O2. The van der Waals surface area contributed by atoms with Gasteiger partial charge in [0.2, 0.25) is 11.8 Å². The third-order valence-electron chi connectivity index (χ3n) is 3.90. The molecule has 3 rings (SSSR count). The van der Waals surface area contributed by atoms with Crippen LogP contribution in [0.1, 0.15) is 18.4 Å². The number of aromatic nitrogens is 1. The molecule has 0 unspecified atom stereocenters. The Morgan fingerprint density at radius 1 is 1.13 bits per heavy atom. The summed E-state index contributed by atoms with van der Waals surface area (Å²) in [4.78, 5) is 28.7. The van der Waals surface area contributed by atoms with E-state index < -0.39 is 5.41 Å². The lowest BCUT2D eigenvalue weighted by molar-refractivity contribution is -0.134. The number of rotatable bonds is 5. The van der Waals surface area contributed by atoms with Crippen molar-refractivity contribution in [3.63, 3.8) is 0 Å². The van der Waals surface area contributed by atoms with Crippen LogP contribution in [0.2, 0.25) is 0 Å². The maximum atomic E-state index is 12.9. The van der Waals surface area contributed by atoms with Crippen molar-refractivity contribution in [1.29, 1.82) is 0 Å². The van der Waals surface area contributed by atoms with E-state index in [2.05, 4.69) is 15.6 Å². The molecule has 5 nitrogen and oxygen atoms in total. The molecule has 1 fully saturated rings. The number of carbonyl (C=O) groups excluding carboxylic acids is 2. The smallest absolute Gasteiger partial charge is 0.240 e. The van der Waals surface area contributed by atoms with E-state index in [1.807, 2.05) is 6.07 Å². The molecule has 1 aliphatic carbocycles. The lowest BCUT2D eigenvalue weighted by Crippen LogP contribution is -2.39. The van der Waals surface area contributed by atoms with Gasteiger partial charge in [0.05, 0.1) is 0 Å². The van der Waals surface area contributed by atoms with Gasteiger partial charge in [-0.1, -0.05) is 6.07 Å². The van der Waals surface area contributed by atoms with E-state index in [0.29, 0.717) is 25.1 Å². The quantitative estimate of drug-likeness (QED) is 0.832. The zero-order chi connectivity index (χ0) is 16.3. The summed E-state index contributed by atoms with van der Waals surface area (Å²) in [5.41, 5.74) is 0.328. The molecule has 2 amide bonds. The van der Waals surface area contributed by atoms with Crippen LogP contribution in [0.25, 0.3) is 0 Å². The topological polar surface area (TPSA) is 71.1 Å². The van der Waals surface area contributed by atoms with Gasteiger partial charge in [-0.15, -0.1) is 0 Å². The molecule has 1 saturated carbocycles. The highest BCUT2D eigenvalue weighted by Crippen LogP contribution is 2.46. The number of hydrogen-bond acceptors (Lipinski definition) is 3. The molecule has 1 heterocycles. The second-order valence-electron chi connectivity index (χ2n) is 5.59. The van der Waals surface area contributed by atoms with Gasteiger partial charge in [-0.3, -0.25) is 14.6 Å². The zero-order valence-electron chi connectivity index (χ0n) is 12.4. The van der Waals surface area contributed by atoms with Crippen LogP contribution in [0, 0.1) is 11.2 Å². The van der Waals surface area contributed by atoms with E-state index in [4.69, 9.17) is 0 Å². The Morgan fingerprint density at radius 2 is 1.87 bits per heavy atom. The maximum Gasteiger partial charge on any atom is 0.240 e. The number of halogens is 1. The molecule has 1 aromatic heterocycles. The summed E-state index contributed by atoms with van der Waals surface area (Å²) >= 11 is 0. The van der Waals surface area contributed by atoms with E-state index in [1.165, 1.54) is 24.3 Å². The fraction of sp³-hybridized carbons (Fsp3) is 0.235. The minimum absolute atomic E-state index is 0.291. The van der Waals surface area contributed by atoms with E-state index >= 15 is 0 Å². The lowest BCUT2D eigenvalue weighted by atomic mass is 10.0. The SMILES string of the molecule is O=C(NCc1cccnc1)C1(C(=O)Nc2ccc(F)cc2)CC1. The third-order valence-corrected chi connectivity index (χ3v) is 3.90. The first-order valence-corrected chi connectivity index (χ1v) is 7.34. The zero-order valence-corrected chi connectivity index (χ0v) is 12.4. The van der Waals surface area contributed by atoms with Crippen LogP contribution in [-0.4, -0.2) is 16.8 Å². The Morgan fingerprint density at radius 3 is 2.48 bits per heavy atom. The fourth-order valence-electron chi connectivity index (χ4n) is 2.32. The summed E-state index contributed by atoms with van der Waals surface area (Å²) < 4.78 is 12.9. The van der Waals surface area contributed by atoms with Crippen molar-refractivity contribution in [3.8, 4) is 0 Å². The van der Waals surface area contributed by atoms with Crippen LogP contribution < -0.4 is 10.6 Å². The monoisotopic (exact) mass is 313 g/mol. The van der Waals surface area contributed by atoms with Gasteiger partial charge in [0.15, 0.2) is 0 Å². The molecule has 0 bridgehead atoms. The molecule has 2 N–H and O–H groups in total. The molecule has 1 aromatic carbocycles. The second-order valence-corrected chi connectivity index (χ2v) is 5.59. The highest BCUT2D eigenvalue weighted by atomic mass is 19.1. The number of nitrogens with one attached hydrogen (secondary N) is 2. The number of nitrogens with zero attached hydrogens (tertiary/aromatic N) is 1. The Hall–Kier alpha value is -2.76. The standard InChI is InChI=1S/C17H16FN3O2/c18-13-3-5-14(6-4-13)21-16(23)17(7-8-17)15(22)20-11-12-2-1-9-19-10-12/h1-6,9-10H,7-8,11H2,(H,20,22)(H,21,23). The van der Waals surface area contributed by atoms with Crippen LogP contribution in [0.4, 0.5) is 10.1 Å². The number of amides is 2. The molecule has 6 heteroatoms. The number of anilines is 1. The summed E-state index contributed by atoms with van der Waals surface area (Å²) in [6, 6.07) is 9.10. The van der Waals surface area contributed by atoms with E-state index in [9.17, 15) is 14.0 Å². The predicted octanol–water partition coefficient (Wildman–Crippen LogP) is 2.26. The minimum Gasteiger partial charge on any atom is -0.351 e. The maximum absolute atomic E-state index is 12.9. The third kappa shape index (κ3) is 3.36. The molecule has 0 radical (unpaired) electrons. The van der Waals surface area contributed by atoms with Crippen molar-refractivity contribution in [1.82, 2.24) is 10.3 Å². The molecule has 0 spiro atoms. The van der Waals surface area contributed by atoms with Gasteiger partial charge < -0.3 is 10.6 Å². The van der Waals surface area contributed by atoms with Gasteiger partial charge >= 0.3 is 0 Å². The average Bonchev–Trinajstić information content (AvgIpc) is 3.38. The molecular weight excluding hydrogens is 297 g/mol. The Labute approximate surface area is 132 Å². The van der Waals surface area contributed by atoms with Crippen LogP contribution in [-0.2, 0) is 16.1 Å². The molecule has 118 valence electrons. The van der Waals surface area contributed by atoms with Crippen LogP contribution in [0.5, 0.6) is 0 Å². The van der Waals surface area contributed by atoms with Crippen molar-refractivity contribution in [3.05, 3.63) is 60.2 Å². The number of pyridine rings is 1. The fourth-order valence-corrected chi connectivity index (χ4v) is 2.32. The van der Waals surface area contributed by atoms with Gasteiger partial charge in [0.25, 0.3) is 0 Å².